The molecule has 0 saturated carbocycles. The number of hydrogen-bond donors (Lipinski definition) is 2. The van der Waals surface area contributed by atoms with E-state index in [0.717, 1.165) is 23.3 Å². The minimum Gasteiger partial charge on any atom is -0.494 e. The van der Waals surface area contributed by atoms with Crippen molar-refractivity contribution in [2.75, 3.05) is 27.4 Å². The summed E-state index contributed by atoms with van der Waals surface area (Å²) < 4.78 is 15.3. The first kappa shape index (κ1) is 24.5. The lowest BCUT2D eigenvalue weighted by molar-refractivity contribution is 0.0600. The van der Waals surface area contributed by atoms with Crippen LogP contribution in [0.25, 0.3) is 11.1 Å². The summed E-state index contributed by atoms with van der Waals surface area (Å²) in [5.74, 6) is -0.672. The van der Waals surface area contributed by atoms with Gasteiger partial charge in [-0.1, -0.05) is 24.3 Å². The van der Waals surface area contributed by atoms with Crippen LogP contribution in [0.4, 0.5) is 0 Å². The van der Waals surface area contributed by atoms with Gasteiger partial charge in [0.1, 0.15) is 5.75 Å². The smallest absolute Gasteiger partial charge is 0.337 e. The monoisotopic (exact) mass is 462 g/mol. The normalized spacial score (nSPS) is 10.3. The first-order valence-corrected chi connectivity index (χ1v) is 10.6. The van der Waals surface area contributed by atoms with Crippen molar-refractivity contribution >= 4 is 17.8 Å². The van der Waals surface area contributed by atoms with Crippen molar-refractivity contribution in [3.05, 3.63) is 89.5 Å². The molecule has 2 N–H and O–H groups in total. The van der Waals surface area contributed by atoms with Gasteiger partial charge in [-0.25, -0.2) is 4.79 Å². The number of nitrogens with one attached hydrogen (secondary N) is 2. The maximum absolute atomic E-state index is 12.4. The molecule has 0 atom stereocenters. The minimum absolute atomic E-state index is 0.287. The van der Waals surface area contributed by atoms with Crippen LogP contribution in [0.15, 0.2) is 72.8 Å². The number of benzene rings is 3. The molecule has 0 aliphatic heterocycles. The summed E-state index contributed by atoms with van der Waals surface area (Å²) in [6, 6.07) is 20.6. The fourth-order valence-corrected chi connectivity index (χ4v) is 3.08. The van der Waals surface area contributed by atoms with Crippen molar-refractivity contribution in [3.63, 3.8) is 0 Å². The Labute approximate surface area is 197 Å². The molecule has 176 valence electrons. The topological polar surface area (TPSA) is 103 Å². The molecule has 0 bridgehead atoms. The van der Waals surface area contributed by atoms with Crippen LogP contribution in [0.3, 0.4) is 0 Å². The quantitative estimate of drug-likeness (QED) is 0.286. The molecular weight excluding hydrogens is 436 g/mol. The highest BCUT2D eigenvalue weighted by molar-refractivity contribution is 6.00. The summed E-state index contributed by atoms with van der Waals surface area (Å²) in [5, 5.41) is 0. The molecule has 3 aromatic carbocycles. The van der Waals surface area contributed by atoms with Crippen LogP contribution in [0.5, 0.6) is 5.75 Å². The summed E-state index contributed by atoms with van der Waals surface area (Å²) >= 11 is 0. The molecule has 0 aromatic heterocycles. The Hall–Kier alpha value is -4.17. The molecule has 0 radical (unpaired) electrons. The highest BCUT2D eigenvalue weighted by atomic mass is 16.5. The van der Waals surface area contributed by atoms with Gasteiger partial charge in [0, 0.05) is 31.3 Å². The van der Waals surface area contributed by atoms with Crippen molar-refractivity contribution in [2.24, 2.45) is 0 Å². The number of hydrazine groups is 1. The third-order valence-electron chi connectivity index (χ3n) is 4.95. The van der Waals surface area contributed by atoms with Crippen LogP contribution >= 0.6 is 0 Å². The Morgan fingerprint density at radius 3 is 1.62 bits per heavy atom. The molecule has 0 saturated heterocycles. The summed E-state index contributed by atoms with van der Waals surface area (Å²) in [5.41, 5.74) is 7.68. The van der Waals surface area contributed by atoms with E-state index < -0.39 is 17.8 Å². The first-order chi connectivity index (χ1) is 16.5. The maximum atomic E-state index is 12.4. The second kappa shape index (κ2) is 12.2. The third-order valence-corrected chi connectivity index (χ3v) is 4.95. The minimum atomic E-state index is -0.508. The van der Waals surface area contributed by atoms with E-state index in [9.17, 15) is 14.4 Å². The summed E-state index contributed by atoms with van der Waals surface area (Å²) in [7, 11) is 2.94. The van der Waals surface area contributed by atoms with Crippen molar-refractivity contribution < 1.29 is 28.6 Å². The van der Waals surface area contributed by atoms with Crippen LogP contribution in [-0.4, -0.2) is 45.2 Å². The highest BCUT2D eigenvalue weighted by Crippen LogP contribution is 2.23. The molecule has 0 spiro atoms. The lowest BCUT2D eigenvalue weighted by Crippen LogP contribution is -2.41. The van der Waals surface area contributed by atoms with Gasteiger partial charge in [0.15, 0.2) is 0 Å². The predicted octanol–water partition coefficient (Wildman–Crippen LogP) is 3.63. The van der Waals surface area contributed by atoms with Crippen molar-refractivity contribution in [3.8, 4) is 16.9 Å². The number of rotatable bonds is 9. The van der Waals surface area contributed by atoms with Crippen LogP contribution < -0.4 is 15.6 Å². The van der Waals surface area contributed by atoms with E-state index in [1.54, 1.807) is 19.2 Å². The number of esters is 1. The molecule has 3 rings (SSSR count). The molecule has 8 nitrogen and oxygen atoms in total. The summed E-state index contributed by atoms with van der Waals surface area (Å²) in [4.78, 5) is 36.1. The number of carbonyl (C=O) groups excluding carboxylic acids is 3. The van der Waals surface area contributed by atoms with Gasteiger partial charge < -0.3 is 14.2 Å². The largest absolute Gasteiger partial charge is 0.494 e. The van der Waals surface area contributed by atoms with Crippen LogP contribution in [0, 0.1) is 0 Å². The van der Waals surface area contributed by atoms with E-state index in [1.165, 1.54) is 31.4 Å². The molecule has 8 heteroatoms. The van der Waals surface area contributed by atoms with Gasteiger partial charge >= 0.3 is 5.97 Å². The van der Waals surface area contributed by atoms with E-state index >= 15 is 0 Å². The molecular formula is C26H26N2O6. The number of carbonyl (C=O) groups is 3. The first-order valence-electron chi connectivity index (χ1n) is 10.6. The molecule has 2 amide bonds. The van der Waals surface area contributed by atoms with Crippen LogP contribution in [0.2, 0.25) is 0 Å². The summed E-state index contributed by atoms with van der Waals surface area (Å²) in [6.45, 7) is 1.25. The van der Waals surface area contributed by atoms with E-state index in [1.807, 2.05) is 36.4 Å². The fourth-order valence-electron chi connectivity index (χ4n) is 3.08. The second-order valence-electron chi connectivity index (χ2n) is 7.27. The second-order valence-corrected chi connectivity index (χ2v) is 7.27. The standard InChI is InChI=1S/C26H26N2O6/c1-32-16-3-17-34-23-14-12-19(13-15-23)18-4-6-20(7-5-18)24(29)27-28-25(30)21-8-10-22(11-9-21)26(31)33-2/h4-15H,3,16-17H2,1-2H3,(H,27,29)(H,28,30). The molecule has 0 heterocycles. The van der Waals surface area contributed by atoms with E-state index in [4.69, 9.17) is 9.47 Å². The number of ether oxygens (including phenoxy) is 3. The fraction of sp³-hybridized carbons (Fsp3) is 0.192. The summed E-state index contributed by atoms with van der Waals surface area (Å²) in [6.07, 6.45) is 0.823. The Morgan fingerprint density at radius 2 is 1.12 bits per heavy atom. The van der Waals surface area contributed by atoms with Crippen LogP contribution in [-0.2, 0) is 9.47 Å². The Bertz CT molecular complexity index is 1110. The molecule has 0 fully saturated rings. The van der Waals surface area contributed by atoms with E-state index in [-0.39, 0.29) is 5.56 Å². The van der Waals surface area contributed by atoms with Crippen molar-refractivity contribution in [1.29, 1.82) is 0 Å². The molecule has 0 aliphatic carbocycles. The number of methoxy groups -OCH3 is 2. The van der Waals surface area contributed by atoms with Gasteiger partial charge in [0.25, 0.3) is 11.8 Å². The zero-order valence-electron chi connectivity index (χ0n) is 19.0. The number of hydrogen-bond acceptors (Lipinski definition) is 6. The molecule has 0 unspecified atom stereocenters. The van der Waals surface area contributed by atoms with Gasteiger partial charge in [-0.3, -0.25) is 20.4 Å². The molecule has 34 heavy (non-hydrogen) atoms. The zero-order valence-corrected chi connectivity index (χ0v) is 19.0. The third kappa shape index (κ3) is 6.66. The molecule has 3 aromatic rings. The van der Waals surface area contributed by atoms with Crippen LogP contribution in [0.1, 0.15) is 37.5 Å². The van der Waals surface area contributed by atoms with E-state index in [0.29, 0.717) is 24.3 Å². The van der Waals surface area contributed by atoms with Gasteiger partial charge in [0.05, 0.1) is 19.3 Å². The van der Waals surface area contributed by atoms with Gasteiger partial charge in [-0.15, -0.1) is 0 Å². The SMILES string of the molecule is COCCCOc1ccc(-c2ccc(C(=O)NNC(=O)c3ccc(C(=O)OC)cc3)cc2)cc1. The van der Waals surface area contributed by atoms with Gasteiger partial charge in [0.2, 0.25) is 0 Å². The Balaban J connectivity index is 1.52. The van der Waals surface area contributed by atoms with E-state index in [2.05, 4.69) is 15.6 Å². The van der Waals surface area contributed by atoms with Crippen molar-refractivity contribution in [1.82, 2.24) is 10.9 Å². The lowest BCUT2D eigenvalue weighted by Gasteiger charge is -2.09. The lowest BCUT2D eigenvalue weighted by atomic mass is 10.0. The predicted molar refractivity (Wildman–Crippen MR) is 127 cm³/mol. The Morgan fingerprint density at radius 1 is 0.647 bits per heavy atom. The molecule has 0 aliphatic rings. The Kier molecular flexibility index (Phi) is 8.76. The van der Waals surface area contributed by atoms with Gasteiger partial charge in [-0.2, -0.15) is 0 Å². The average molecular weight is 463 g/mol. The number of amides is 2. The maximum Gasteiger partial charge on any atom is 0.337 e. The van der Waals surface area contributed by atoms with Crippen molar-refractivity contribution in [2.45, 2.75) is 6.42 Å². The highest BCUT2D eigenvalue weighted by Gasteiger charge is 2.11. The van der Waals surface area contributed by atoms with Gasteiger partial charge in [-0.05, 0) is 59.7 Å². The zero-order chi connectivity index (χ0) is 24.3. The average Bonchev–Trinajstić information content (AvgIpc) is 2.89.